The predicted molar refractivity (Wildman–Crippen MR) is 106 cm³/mol. The van der Waals surface area contributed by atoms with Gasteiger partial charge in [0.25, 0.3) is 5.56 Å². The monoisotopic (exact) mass is 393 g/mol. The number of hydrogen-bond acceptors (Lipinski definition) is 4. The van der Waals surface area contributed by atoms with Gasteiger partial charge in [0.15, 0.2) is 0 Å². The predicted octanol–water partition coefficient (Wildman–Crippen LogP) is 3.63. The van der Waals surface area contributed by atoms with Gasteiger partial charge in [-0.3, -0.25) is 4.79 Å². The summed E-state index contributed by atoms with van der Waals surface area (Å²) in [7, 11) is 1.30. The van der Waals surface area contributed by atoms with Crippen molar-refractivity contribution in [2.24, 2.45) is 0 Å². The highest BCUT2D eigenvalue weighted by Crippen LogP contribution is 2.24. The highest BCUT2D eigenvalue weighted by Gasteiger charge is 2.25. The first-order valence-electron chi connectivity index (χ1n) is 8.58. The zero-order valence-corrected chi connectivity index (χ0v) is 15.8. The van der Waals surface area contributed by atoms with E-state index in [2.05, 4.69) is 5.10 Å². The van der Waals surface area contributed by atoms with E-state index in [4.69, 9.17) is 16.3 Å². The standard InChI is InChI=1S/C21H16ClN3O3/c1-28-21(27)17-13-24(11-14-7-5-6-10-18(14)22)12-16-19(17)23-25(20(16)26)15-8-3-2-4-9-15/h2-10,12-13H,11H2,1H3. The van der Waals surface area contributed by atoms with Crippen LogP contribution in [-0.2, 0) is 11.3 Å². The molecule has 0 radical (unpaired) electrons. The van der Waals surface area contributed by atoms with Crippen molar-refractivity contribution in [2.75, 3.05) is 7.11 Å². The van der Waals surface area contributed by atoms with Crippen LogP contribution in [0.3, 0.4) is 0 Å². The molecule has 2 aromatic carbocycles. The minimum Gasteiger partial charge on any atom is -0.465 e. The summed E-state index contributed by atoms with van der Waals surface area (Å²) in [6.07, 6.45) is 3.30. The van der Waals surface area contributed by atoms with Gasteiger partial charge in [-0.25, -0.2) is 4.79 Å². The van der Waals surface area contributed by atoms with Crippen molar-refractivity contribution in [1.29, 1.82) is 0 Å². The summed E-state index contributed by atoms with van der Waals surface area (Å²) in [4.78, 5) is 25.3. The second kappa shape index (κ2) is 7.32. The lowest BCUT2D eigenvalue weighted by Crippen LogP contribution is -2.15. The van der Waals surface area contributed by atoms with Gasteiger partial charge in [-0.1, -0.05) is 48.0 Å². The zero-order chi connectivity index (χ0) is 19.7. The number of nitrogens with zero attached hydrogens (tertiary/aromatic N) is 3. The number of rotatable bonds is 4. The van der Waals surface area contributed by atoms with Crippen molar-refractivity contribution in [3.63, 3.8) is 0 Å². The Kier molecular flexibility index (Phi) is 4.71. The molecule has 4 rings (SSSR count). The molecule has 0 aliphatic carbocycles. The van der Waals surface area contributed by atoms with Crippen molar-refractivity contribution in [2.45, 2.75) is 6.54 Å². The lowest BCUT2D eigenvalue weighted by atomic mass is 10.1. The van der Waals surface area contributed by atoms with Crippen LogP contribution in [0, 0.1) is 0 Å². The number of para-hydroxylation sites is 1. The number of ether oxygens (including phenoxy) is 1. The van der Waals surface area contributed by atoms with Crippen LogP contribution in [0.4, 0.5) is 0 Å². The fourth-order valence-electron chi connectivity index (χ4n) is 3.08. The van der Waals surface area contributed by atoms with E-state index in [0.29, 0.717) is 28.5 Å². The molecule has 0 unspecified atom stereocenters. The highest BCUT2D eigenvalue weighted by molar-refractivity contribution is 6.31. The Morgan fingerprint density at radius 3 is 2.50 bits per heavy atom. The number of carbonyl (C=O) groups excluding carboxylic acids is 1. The van der Waals surface area contributed by atoms with Crippen molar-refractivity contribution in [1.82, 2.24) is 14.3 Å². The molecule has 6 nitrogen and oxygen atoms in total. The lowest BCUT2D eigenvalue weighted by molar-refractivity contribution is 0.0600. The van der Waals surface area contributed by atoms with E-state index < -0.39 is 5.97 Å². The third-order valence-corrected chi connectivity index (χ3v) is 4.81. The van der Waals surface area contributed by atoms with E-state index in [9.17, 15) is 9.59 Å². The summed E-state index contributed by atoms with van der Waals surface area (Å²) in [5.41, 5.74) is 2.04. The molecule has 140 valence electrons. The number of halogens is 1. The second-order valence-corrected chi connectivity index (χ2v) is 6.65. The molecule has 0 spiro atoms. The van der Waals surface area contributed by atoms with Crippen molar-refractivity contribution in [3.05, 3.63) is 93.5 Å². The average Bonchev–Trinajstić information content (AvgIpc) is 3.06. The highest BCUT2D eigenvalue weighted by atomic mass is 35.5. The summed E-state index contributed by atoms with van der Waals surface area (Å²) in [6.45, 7) is 0.398. The fraction of sp³-hybridized carbons (Fsp3) is 0.0952. The third-order valence-electron chi connectivity index (χ3n) is 4.44. The quantitative estimate of drug-likeness (QED) is 0.496. The summed E-state index contributed by atoms with van der Waals surface area (Å²) < 4.78 is 7.93. The summed E-state index contributed by atoms with van der Waals surface area (Å²) in [5, 5.41) is 4.99. The maximum Gasteiger partial charge on any atom is 0.341 e. The zero-order valence-electron chi connectivity index (χ0n) is 15.0. The maximum absolute atomic E-state index is 13.0. The van der Waals surface area contributed by atoms with Crippen molar-refractivity contribution >= 4 is 17.6 Å². The van der Waals surface area contributed by atoms with E-state index >= 15 is 0 Å². The van der Waals surface area contributed by atoms with Gasteiger partial charge in [0.2, 0.25) is 0 Å². The number of carbonyl (C=O) groups is 1. The van der Waals surface area contributed by atoms with Crippen LogP contribution < -0.4 is 5.56 Å². The van der Waals surface area contributed by atoms with E-state index in [-0.39, 0.29) is 11.1 Å². The molecular weight excluding hydrogens is 378 g/mol. The van der Waals surface area contributed by atoms with Crippen LogP contribution in [0.1, 0.15) is 15.9 Å². The summed E-state index contributed by atoms with van der Waals surface area (Å²) >= 11 is 6.25. The molecule has 0 fully saturated rings. The van der Waals surface area contributed by atoms with Gasteiger partial charge in [-0.05, 0) is 23.8 Å². The molecule has 2 heterocycles. The van der Waals surface area contributed by atoms with Crippen LogP contribution in [0.2, 0.25) is 5.02 Å². The smallest absolute Gasteiger partial charge is 0.341 e. The van der Waals surface area contributed by atoms with E-state index in [0.717, 1.165) is 5.56 Å². The van der Waals surface area contributed by atoms with Crippen LogP contribution in [0.15, 0.2) is 71.8 Å². The number of pyridine rings is 1. The first kappa shape index (κ1) is 18.0. The molecule has 0 atom stereocenters. The molecule has 2 aromatic rings. The molecule has 7 heteroatoms. The minimum absolute atomic E-state index is 0.221. The maximum atomic E-state index is 13.0. The Hall–Kier alpha value is -3.38. The van der Waals surface area contributed by atoms with Gasteiger partial charge in [0.1, 0.15) is 11.3 Å². The number of esters is 1. The molecule has 0 amide bonds. The van der Waals surface area contributed by atoms with Crippen LogP contribution in [0.25, 0.3) is 16.9 Å². The Balaban J connectivity index is 1.90. The number of aromatic nitrogens is 3. The lowest BCUT2D eigenvalue weighted by Gasteiger charge is -2.12. The third kappa shape index (κ3) is 3.18. The summed E-state index contributed by atoms with van der Waals surface area (Å²) in [6, 6.07) is 16.5. The Morgan fingerprint density at radius 2 is 1.79 bits per heavy atom. The molecule has 2 aliphatic rings. The second-order valence-electron chi connectivity index (χ2n) is 6.24. The normalized spacial score (nSPS) is 10.9. The van der Waals surface area contributed by atoms with Gasteiger partial charge in [-0.2, -0.15) is 9.78 Å². The Morgan fingerprint density at radius 1 is 1.07 bits per heavy atom. The Labute approximate surface area is 165 Å². The first-order valence-corrected chi connectivity index (χ1v) is 8.96. The van der Waals surface area contributed by atoms with Gasteiger partial charge in [0, 0.05) is 24.0 Å². The molecule has 0 N–H and O–H groups in total. The van der Waals surface area contributed by atoms with Crippen LogP contribution in [0.5, 0.6) is 0 Å². The number of methoxy groups -OCH3 is 1. The molecule has 0 saturated carbocycles. The SMILES string of the molecule is COC(=O)c1cn(Cc2ccccc2Cl)cc2c(=O)n(-c3ccccc3)nc1-2. The Bertz CT molecular complexity index is 1180. The number of fused-ring (bicyclic) bond motifs is 1. The number of benzene rings is 2. The van der Waals surface area contributed by atoms with Gasteiger partial charge >= 0.3 is 5.97 Å². The molecule has 0 aromatic heterocycles. The molecular formula is C21H16ClN3O3. The molecule has 2 aliphatic heterocycles. The van der Waals surface area contributed by atoms with Crippen LogP contribution >= 0.6 is 11.6 Å². The van der Waals surface area contributed by atoms with Gasteiger partial charge in [-0.15, -0.1) is 0 Å². The topological polar surface area (TPSA) is 66.1 Å². The van der Waals surface area contributed by atoms with Crippen LogP contribution in [-0.4, -0.2) is 27.4 Å². The van der Waals surface area contributed by atoms with E-state index in [1.807, 2.05) is 36.4 Å². The van der Waals surface area contributed by atoms with E-state index in [1.165, 1.54) is 11.8 Å². The fourth-order valence-corrected chi connectivity index (χ4v) is 3.27. The first-order chi connectivity index (χ1) is 13.6. The summed E-state index contributed by atoms with van der Waals surface area (Å²) in [5.74, 6) is -0.559. The minimum atomic E-state index is -0.559. The van der Waals surface area contributed by atoms with Gasteiger partial charge < -0.3 is 9.30 Å². The largest absolute Gasteiger partial charge is 0.465 e. The van der Waals surface area contributed by atoms with Crippen molar-refractivity contribution in [3.8, 4) is 16.9 Å². The molecule has 0 saturated heterocycles. The van der Waals surface area contributed by atoms with Gasteiger partial charge in [0.05, 0.1) is 18.4 Å². The van der Waals surface area contributed by atoms with E-state index in [1.54, 1.807) is 35.2 Å². The van der Waals surface area contributed by atoms with Crippen molar-refractivity contribution < 1.29 is 9.53 Å². The molecule has 28 heavy (non-hydrogen) atoms. The number of hydrogen-bond donors (Lipinski definition) is 0. The average molecular weight is 394 g/mol. The molecule has 0 bridgehead atoms.